The maximum absolute atomic E-state index is 13.4. The number of imide groups is 1. The SMILES string of the molecule is CN(C)S(=O)(=O)c1ccc2c(c1)C(C)(C)C(/C=C/C1=C(Sc3ccccc3)C(=C/C=C3/N(CCCCCC(=O)ON4C(=O)CCC4=O)c4ccc(S(=O)(=O)O)cc4C3(C)C)/CCC1)=[N+]2Cc1ccccc1. The molecule has 4 aromatic carbocycles. The quantitative estimate of drug-likeness (QED) is 0.0464. The number of unbranched alkanes of at least 4 members (excludes halogenated alkanes) is 2. The zero-order chi connectivity index (χ0) is 50.9. The lowest BCUT2D eigenvalue weighted by molar-refractivity contribution is -0.455. The monoisotopic (exact) mass is 1020 g/mol. The van der Waals surface area contributed by atoms with E-state index in [4.69, 9.17) is 4.84 Å². The Morgan fingerprint density at radius 3 is 2.11 bits per heavy atom. The van der Waals surface area contributed by atoms with E-state index >= 15 is 0 Å². The van der Waals surface area contributed by atoms with E-state index in [1.165, 1.54) is 15.9 Å². The van der Waals surface area contributed by atoms with Crippen LogP contribution in [0.2, 0.25) is 0 Å². The smallest absolute Gasteiger partial charge is 0.333 e. The van der Waals surface area contributed by atoms with Crippen molar-refractivity contribution >= 4 is 66.8 Å². The number of benzene rings is 4. The van der Waals surface area contributed by atoms with Crippen molar-refractivity contribution in [1.82, 2.24) is 9.37 Å². The van der Waals surface area contributed by atoms with Crippen molar-refractivity contribution in [2.24, 2.45) is 0 Å². The third-order valence-electron chi connectivity index (χ3n) is 13.8. The van der Waals surface area contributed by atoms with Gasteiger partial charge >= 0.3 is 5.97 Å². The molecule has 4 aromatic rings. The molecule has 71 heavy (non-hydrogen) atoms. The standard InChI is InChI=1S/C55H60N4O9S3/c1-54(2)45-36-43(71(65,66)67)27-29-46(45)57(34-15-9-14-23-52(62)68-59-50(60)32-33-51(59)61)48(54)30-24-39-19-16-20-40(53(39)69-41-21-12-8-13-22-41)25-31-49-55(3,4)44-35-42(70(63,64)56(5)6)26-28-47(44)58(49)37-38-17-10-7-11-18-38/h7-8,10-13,17-18,21-22,24-31,35-36H,9,14-16,19-20,23,32-34,37H2,1-6H3/p+1. The first kappa shape index (κ1) is 51.4. The summed E-state index contributed by atoms with van der Waals surface area (Å²) in [7, 11) is -5.07. The summed E-state index contributed by atoms with van der Waals surface area (Å²) in [6.45, 7) is 9.53. The predicted octanol–water partition coefficient (Wildman–Crippen LogP) is 10.3. The zero-order valence-corrected chi connectivity index (χ0v) is 43.5. The fourth-order valence-electron chi connectivity index (χ4n) is 9.86. The third kappa shape index (κ3) is 10.8. The predicted molar refractivity (Wildman–Crippen MR) is 276 cm³/mol. The van der Waals surface area contributed by atoms with Crippen LogP contribution in [-0.4, -0.2) is 79.5 Å². The van der Waals surface area contributed by atoms with Gasteiger partial charge in [0.25, 0.3) is 21.9 Å². The number of rotatable bonds is 17. The molecule has 0 spiro atoms. The number of sulfonamides is 1. The van der Waals surface area contributed by atoms with Crippen molar-refractivity contribution in [3.63, 3.8) is 0 Å². The van der Waals surface area contributed by atoms with Crippen molar-refractivity contribution in [3.05, 3.63) is 160 Å². The molecular weight excluding hydrogens is 957 g/mol. The van der Waals surface area contributed by atoms with E-state index in [-0.39, 0.29) is 29.1 Å². The normalized spacial score (nSPS) is 19.0. The third-order valence-corrected chi connectivity index (χ3v) is 17.7. The number of carbonyl (C=O) groups is 3. The number of carbonyl (C=O) groups excluding carboxylic acids is 3. The number of allylic oxidation sites excluding steroid dienone is 7. The van der Waals surface area contributed by atoms with Gasteiger partial charge in [0, 0.05) is 89.8 Å². The summed E-state index contributed by atoms with van der Waals surface area (Å²) in [5.74, 6) is -1.68. The van der Waals surface area contributed by atoms with Crippen molar-refractivity contribution < 1.29 is 45.2 Å². The number of nitrogens with zero attached hydrogens (tertiary/aromatic N) is 4. The Kier molecular flexibility index (Phi) is 15.0. The second-order valence-corrected chi connectivity index (χ2v) is 24.2. The number of hydroxylamine groups is 2. The number of amides is 2. The average molecular weight is 1020 g/mol. The zero-order valence-electron chi connectivity index (χ0n) is 41.1. The lowest BCUT2D eigenvalue weighted by Crippen LogP contribution is -2.32. The van der Waals surface area contributed by atoms with Crippen LogP contribution in [-0.2, 0) is 56.7 Å². The van der Waals surface area contributed by atoms with Crippen LogP contribution in [0.4, 0.5) is 11.4 Å². The minimum Gasteiger partial charge on any atom is -0.344 e. The molecule has 0 unspecified atom stereocenters. The Labute approximate surface area is 422 Å². The molecule has 1 saturated heterocycles. The van der Waals surface area contributed by atoms with Gasteiger partial charge < -0.3 is 9.74 Å². The molecule has 3 heterocycles. The van der Waals surface area contributed by atoms with E-state index < -0.39 is 48.8 Å². The number of hydrogen-bond donors (Lipinski definition) is 1. The van der Waals surface area contributed by atoms with Gasteiger partial charge in [0.1, 0.15) is 0 Å². The van der Waals surface area contributed by atoms with Crippen LogP contribution in [0.15, 0.2) is 158 Å². The summed E-state index contributed by atoms with van der Waals surface area (Å²) in [6.07, 6.45) is 13.2. The minimum absolute atomic E-state index is 0.0266. The van der Waals surface area contributed by atoms with Gasteiger partial charge in [-0.2, -0.15) is 13.0 Å². The number of hydrogen-bond acceptors (Lipinski definition) is 10. The van der Waals surface area contributed by atoms with Gasteiger partial charge in [0.15, 0.2) is 12.3 Å². The molecule has 0 aromatic heterocycles. The molecule has 372 valence electrons. The fraction of sp³-hybridized carbons (Fsp3) is 0.345. The van der Waals surface area contributed by atoms with Gasteiger partial charge in [0.2, 0.25) is 15.7 Å². The van der Waals surface area contributed by atoms with Gasteiger partial charge in [-0.1, -0.05) is 92.7 Å². The number of fused-ring (bicyclic) bond motifs is 2. The lowest BCUT2D eigenvalue weighted by Gasteiger charge is -2.27. The Morgan fingerprint density at radius 1 is 0.775 bits per heavy atom. The van der Waals surface area contributed by atoms with Crippen molar-refractivity contribution in [3.8, 4) is 0 Å². The van der Waals surface area contributed by atoms with Crippen LogP contribution in [0.5, 0.6) is 0 Å². The highest BCUT2D eigenvalue weighted by Gasteiger charge is 2.46. The van der Waals surface area contributed by atoms with Gasteiger partial charge in [-0.15, -0.1) is 5.06 Å². The van der Waals surface area contributed by atoms with Crippen LogP contribution >= 0.6 is 11.8 Å². The second-order valence-electron chi connectivity index (χ2n) is 19.5. The summed E-state index contributed by atoms with van der Waals surface area (Å²) in [5.41, 5.74) is 7.68. The summed E-state index contributed by atoms with van der Waals surface area (Å²) < 4.78 is 65.2. The molecule has 3 aliphatic heterocycles. The highest BCUT2D eigenvalue weighted by molar-refractivity contribution is 8.03. The molecule has 0 atom stereocenters. The summed E-state index contributed by atoms with van der Waals surface area (Å²) in [6, 6.07) is 30.7. The van der Waals surface area contributed by atoms with E-state index in [1.807, 2.05) is 62.4 Å². The first-order chi connectivity index (χ1) is 33.7. The molecule has 0 bridgehead atoms. The Bertz CT molecular complexity index is 3140. The van der Waals surface area contributed by atoms with Gasteiger partial charge in [-0.05, 0) is 111 Å². The highest BCUT2D eigenvalue weighted by atomic mass is 32.2. The topological polar surface area (TPSA) is 162 Å². The fourth-order valence-corrected chi connectivity index (χ4v) is 12.4. The Morgan fingerprint density at radius 2 is 1.44 bits per heavy atom. The van der Waals surface area contributed by atoms with E-state index in [2.05, 4.69) is 71.9 Å². The van der Waals surface area contributed by atoms with Crippen LogP contribution < -0.4 is 4.90 Å². The molecule has 1 fully saturated rings. The summed E-state index contributed by atoms with van der Waals surface area (Å²) in [4.78, 5) is 46.0. The number of anilines is 1. The van der Waals surface area contributed by atoms with E-state index in [9.17, 15) is 35.8 Å². The number of thioether (sulfide) groups is 1. The molecular formula is C55H61N4O9S3+. The van der Waals surface area contributed by atoms with Crippen LogP contribution in [0.25, 0.3) is 0 Å². The summed E-state index contributed by atoms with van der Waals surface area (Å²) >= 11 is 1.72. The molecule has 2 amide bonds. The van der Waals surface area contributed by atoms with Crippen LogP contribution in [0.1, 0.15) is 102 Å². The summed E-state index contributed by atoms with van der Waals surface area (Å²) in [5, 5.41) is 0.566. The molecule has 0 saturated carbocycles. The van der Waals surface area contributed by atoms with Gasteiger partial charge in [-0.25, -0.2) is 17.5 Å². The van der Waals surface area contributed by atoms with E-state index in [1.54, 1.807) is 44.1 Å². The first-order valence-corrected chi connectivity index (χ1v) is 27.7. The Hall–Kier alpha value is -5.91. The molecule has 0 radical (unpaired) electrons. The maximum atomic E-state index is 13.4. The largest absolute Gasteiger partial charge is 0.344 e. The Balaban J connectivity index is 1.15. The molecule has 13 nitrogen and oxygen atoms in total. The molecule has 4 aliphatic rings. The maximum Gasteiger partial charge on any atom is 0.333 e. The van der Waals surface area contributed by atoms with Crippen LogP contribution in [0.3, 0.4) is 0 Å². The van der Waals surface area contributed by atoms with Gasteiger partial charge in [-0.3, -0.25) is 14.1 Å². The van der Waals surface area contributed by atoms with Gasteiger partial charge in [0.05, 0.1) is 15.2 Å². The lowest BCUT2D eigenvalue weighted by atomic mass is 9.81. The second kappa shape index (κ2) is 20.7. The van der Waals surface area contributed by atoms with Crippen molar-refractivity contribution in [1.29, 1.82) is 0 Å². The van der Waals surface area contributed by atoms with E-state index in [0.717, 1.165) is 74.1 Å². The van der Waals surface area contributed by atoms with Crippen molar-refractivity contribution in [2.45, 2.75) is 118 Å². The molecule has 8 rings (SSSR count). The molecule has 16 heteroatoms. The average Bonchev–Trinajstić information content (AvgIpc) is 3.84. The highest BCUT2D eigenvalue weighted by Crippen LogP contribution is 2.50. The van der Waals surface area contributed by atoms with Crippen LogP contribution in [0, 0.1) is 0 Å². The molecule has 1 aliphatic carbocycles. The molecule has 1 N–H and O–H groups in total. The first-order valence-electron chi connectivity index (χ1n) is 24.0. The van der Waals surface area contributed by atoms with E-state index in [0.29, 0.717) is 37.4 Å². The minimum atomic E-state index is -4.48. The van der Waals surface area contributed by atoms with Crippen molar-refractivity contribution in [2.75, 3.05) is 25.5 Å².